The molecule has 2 aromatic rings. The lowest BCUT2D eigenvalue weighted by Crippen LogP contribution is -2.11. The summed E-state index contributed by atoms with van der Waals surface area (Å²) in [6.45, 7) is 3.95. The van der Waals surface area contributed by atoms with E-state index in [4.69, 9.17) is 0 Å². The Kier molecular flexibility index (Phi) is 3.95. The number of thiophene rings is 1. The molecule has 0 radical (unpaired) electrons. The number of hydrogen-bond acceptors (Lipinski definition) is 2. The van der Waals surface area contributed by atoms with E-state index in [1.807, 2.05) is 13.8 Å². The van der Waals surface area contributed by atoms with E-state index in [9.17, 15) is 13.6 Å². The number of carbonyl (C=O) groups is 1. The lowest BCUT2D eigenvalue weighted by atomic mass is 10.2. The molecule has 2 nitrogen and oxygen atoms in total. The number of rotatable bonds is 3. The van der Waals surface area contributed by atoms with E-state index < -0.39 is 11.6 Å². The van der Waals surface area contributed by atoms with Gasteiger partial charge in [-0.15, -0.1) is 11.3 Å². The van der Waals surface area contributed by atoms with Crippen LogP contribution in [0, 0.1) is 18.6 Å². The van der Waals surface area contributed by atoms with Crippen molar-refractivity contribution in [1.82, 2.24) is 0 Å². The van der Waals surface area contributed by atoms with Gasteiger partial charge in [0.2, 0.25) is 0 Å². The highest BCUT2D eigenvalue weighted by atomic mass is 32.1. The molecule has 0 spiro atoms. The normalized spacial score (nSPS) is 10.5. The van der Waals surface area contributed by atoms with Crippen LogP contribution in [0.25, 0.3) is 0 Å². The van der Waals surface area contributed by atoms with Crippen LogP contribution in [0.1, 0.15) is 27.0 Å². The van der Waals surface area contributed by atoms with E-state index >= 15 is 0 Å². The summed E-state index contributed by atoms with van der Waals surface area (Å²) in [5.41, 5.74) is 1.09. The molecular weight excluding hydrogens is 268 g/mol. The number of hydrogen-bond donors (Lipinski definition) is 1. The molecule has 0 aliphatic carbocycles. The van der Waals surface area contributed by atoms with Crippen LogP contribution in [0.15, 0.2) is 24.3 Å². The van der Waals surface area contributed by atoms with Crippen LogP contribution < -0.4 is 5.32 Å². The Balaban J connectivity index is 2.20. The van der Waals surface area contributed by atoms with Crippen LogP contribution in [0.2, 0.25) is 0 Å². The summed E-state index contributed by atoms with van der Waals surface area (Å²) in [6.07, 6.45) is 0.848. The fraction of sp³-hybridized carbons (Fsp3) is 0.214. The highest BCUT2D eigenvalue weighted by molar-refractivity contribution is 7.14. The van der Waals surface area contributed by atoms with Gasteiger partial charge < -0.3 is 5.32 Å². The van der Waals surface area contributed by atoms with Crippen molar-refractivity contribution in [3.63, 3.8) is 0 Å². The minimum absolute atomic E-state index is 0.0181. The number of aryl methyl sites for hydroxylation is 2. The molecule has 5 heteroatoms. The fourth-order valence-corrected chi connectivity index (χ4v) is 2.77. The van der Waals surface area contributed by atoms with Crippen molar-refractivity contribution >= 4 is 22.9 Å². The maximum Gasteiger partial charge on any atom is 0.265 e. The summed E-state index contributed by atoms with van der Waals surface area (Å²) in [7, 11) is 0. The lowest BCUT2D eigenvalue weighted by molar-refractivity contribution is 0.103. The third-order valence-corrected chi connectivity index (χ3v) is 3.90. The molecule has 19 heavy (non-hydrogen) atoms. The molecule has 2 rings (SSSR count). The standard InChI is InChI=1S/C14H13F2NOS/c1-3-9-6-13(19-8(9)2)14(18)17-12-5-4-10(15)7-11(12)16/h4-7H,3H2,1-2H3,(H,17,18). The third-order valence-electron chi connectivity index (χ3n) is 2.80. The SMILES string of the molecule is CCc1cc(C(=O)Nc2ccc(F)cc2F)sc1C. The molecule has 0 fully saturated rings. The topological polar surface area (TPSA) is 29.1 Å². The second-order valence-electron chi connectivity index (χ2n) is 4.12. The predicted octanol–water partition coefficient (Wildman–Crippen LogP) is 4.15. The predicted molar refractivity (Wildman–Crippen MR) is 72.7 cm³/mol. The summed E-state index contributed by atoms with van der Waals surface area (Å²) in [4.78, 5) is 13.6. The quantitative estimate of drug-likeness (QED) is 0.899. The van der Waals surface area contributed by atoms with Gasteiger partial charge in [-0.1, -0.05) is 6.92 Å². The zero-order valence-electron chi connectivity index (χ0n) is 10.6. The van der Waals surface area contributed by atoms with Gasteiger partial charge in [0.25, 0.3) is 5.91 Å². The molecule has 0 aliphatic rings. The molecule has 0 saturated carbocycles. The minimum atomic E-state index is -0.780. The Morgan fingerprint density at radius 2 is 2.05 bits per heavy atom. The van der Waals surface area contributed by atoms with Crippen molar-refractivity contribution in [2.75, 3.05) is 5.32 Å². The Hall–Kier alpha value is -1.75. The number of carbonyl (C=O) groups excluding carboxylic acids is 1. The molecular formula is C14H13F2NOS. The maximum absolute atomic E-state index is 13.4. The van der Waals surface area contributed by atoms with E-state index in [-0.39, 0.29) is 11.6 Å². The summed E-state index contributed by atoms with van der Waals surface area (Å²) in [6, 6.07) is 4.86. The molecule has 1 aromatic heterocycles. The summed E-state index contributed by atoms with van der Waals surface area (Å²) < 4.78 is 26.2. The average molecular weight is 281 g/mol. The number of anilines is 1. The van der Waals surface area contributed by atoms with Gasteiger partial charge in [0, 0.05) is 10.9 Å². The second-order valence-corrected chi connectivity index (χ2v) is 5.38. The Bertz CT molecular complexity index is 622. The first-order chi connectivity index (χ1) is 9.01. The van der Waals surface area contributed by atoms with Gasteiger partial charge in [0.1, 0.15) is 11.6 Å². The highest BCUT2D eigenvalue weighted by Gasteiger charge is 2.13. The molecule has 0 saturated heterocycles. The van der Waals surface area contributed by atoms with E-state index in [1.54, 1.807) is 6.07 Å². The van der Waals surface area contributed by atoms with Crippen molar-refractivity contribution in [1.29, 1.82) is 0 Å². The number of nitrogens with one attached hydrogen (secondary N) is 1. The first kappa shape index (κ1) is 13.7. The number of halogens is 2. The minimum Gasteiger partial charge on any atom is -0.319 e. The van der Waals surface area contributed by atoms with Crippen molar-refractivity contribution < 1.29 is 13.6 Å². The molecule has 0 bridgehead atoms. The van der Waals surface area contributed by atoms with Gasteiger partial charge in [-0.25, -0.2) is 8.78 Å². The van der Waals surface area contributed by atoms with Crippen molar-refractivity contribution in [2.24, 2.45) is 0 Å². The molecule has 0 aliphatic heterocycles. The maximum atomic E-state index is 13.4. The van der Waals surface area contributed by atoms with Crippen LogP contribution >= 0.6 is 11.3 Å². The molecule has 0 atom stereocenters. The van der Waals surface area contributed by atoms with Gasteiger partial charge in [0.05, 0.1) is 10.6 Å². The van der Waals surface area contributed by atoms with Gasteiger partial charge in [-0.2, -0.15) is 0 Å². The van der Waals surface area contributed by atoms with E-state index in [1.165, 1.54) is 17.4 Å². The van der Waals surface area contributed by atoms with Crippen molar-refractivity contribution in [3.05, 3.63) is 51.2 Å². The van der Waals surface area contributed by atoms with Crippen LogP contribution in [-0.4, -0.2) is 5.91 Å². The second kappa shape index (κ2) is 5.48. The third kappa shape index (κ3) is 2.98. The number of amides is 1. The van der Waals surface area contributed by atoms with Gasteiger partial charge >= 0.3 is 0 Å². The molecule has 1 aromatic carbocycles. The lowest BCUT2D eigenvalue weighted by Gasteiger charge is -2.04. The van der Waals surface area contributed by atoms with Gasteiger partial charge in [-0.05, 0) is 37.1 Å². The van der Waals surface area contributed by atoms with Gasteiger partial charge in [0.15, 0.2) is 0 Å². The molecule has 1 heterocycles. The smallest absolute Gasteiger partial charge is 0.265 e. The Labute approximate surface area is 114 Å². The summed E-state index contributed by atoms with van der Waals surface area (Å²) >= 11 is 1.37. The van der Waals surface area contributed by atoms with Crippen LogP contribution in [-0.2, 0) is 6.42 Å². The average Bonchev–Trinajstić information content (AvgIpc) is 2.74. The molecule has 1 amide bonds. The highest BCUT2D eigenvalue weighted by Crippen LogP contribution is 2.23. The van der Waals surface area contributed by atoms with Crippen LogP contribution in [0.3, 0.4) is 0 Å². The monoisotopic (exact) mass is 281 g/mol. The van der Waals surface area contributed by atoms with Crippen molar-refractivity contribution in [3.8, 4) is 0 Å². The summed E-state index contributed by atoms with van der Waals surface area (Å²) in [5, 5.41) is 2.45. The molecule has 100 valence electrons. The largest absolute Gasteiger partial charge is 0.319 e. The zero-order chi connectivity index (χ0) is 14.0. The summed E-state index contributed by atoms with van der Waals surface area (Å²) in [5.74, 6) is -1.83. The van der Waals surface area contributed by atoms with Gasteiger partial charge in [-0.3, -0.25) is 4.79 Å². The Morgan fingerprint density at radius 1 is 1.32 bits per heavy atom. The number of benzene rings is 1. The van der Waals surface area contributed by atoms with Crippen LogP contribution in [0.5, 0.6) is 0 Å². The van der Waals surface area contributed by atoms with Crippen LogP contribution in [0.4, 0.5) is 14.5 Å². The molecule has 0 unspecified atom stereocenters. The molecule has 1 N–H and O–H groups in total. The zero-order valence-corrected chi connectivity index (χ0v) is 11.4. The first-order valence-corrected chi connectivity index (χ1v) is 6.68. The van der Waals surface area contributed by atoms with E-state index in [2.05, 4.69) is 5.32 Å². The van der Waals surface area contributed by atoms with E-state index in [0.717, 1.165) is 29.0 Å². The fourth-order valence-electron chi connectivity index (χ4n) is 1.76. The van der Waals surface area contributed by atoms with E-state index in [0.29, 0.717) is 4.88 Å². The first-order valence-electron chi connectivity index (χ1n) is 5.87. The van der Waals surface area contributed by atoms with Crippen molar-refractivity contribution in [2.45, 2.75) is 20.3 Å². The Morgan fingerprint density at radius 3 is 2.63 bits per heavy atom.